The van der Waals surface area contributed by atoms with Crippen LogP contribution in [0.2, 0.25) is 0 Å². The van der Waals surface area contributed by atoms with Gasteiger partial charge in [-0.3, -0.25) is 0 Å². The summed E-state index contributed by atoms with van der Waals surface area (Å²) < 4.78 is 24.9. The molecule has 13 heavy (non-hydrogen) atoms. The normalized spacial score (nSPS) is 16.2. The molecule has 2 atom stereocenters. The van der Waals surface area contributed by atoms with Gasteiger partial charge in [0.25, 0.3) is 0 Å². The Morgan fingerprint density at radius 3 is 2.38 bits per heavy atom. The Balaban J connectivity index is 4.14. The number of hydrogen-bond acceptors (Lipinski definition) is 3. The van der Waals surface area contributed by atoms with Crippen molar-refractivity contribution in [3.8, 4) is 6.07 Å². The molecule has 0 aromatic rings. The minimum absolute atomic E-state index is 0.306. The van der Waals surface area contributed by atoms with Crippen LogP contribution in [0.1, 0.15) is 27.2 Å². The van der Waals surface area contributed by atoms with E-state index in [2.05, 4.69) is 4.72 Å². The molecule has 0 fully saturated rings. The Kier molecular flexibility index (Phi) is 4.96. The smallest absolute Gasteiger partial charge is 0.214 e. The highest BCUT2D eigenvalue weighted by molar-refractivity contribution is 7.90. The van der Waals surface area contributed by atoms with Gasteiger partial charge in [-0.2, -0.15) is 5.26 Å². The van der Waals surface area contributed by atoms with Crippen LogP contribution in [-0.4, -0.2) is 20.2 Å². The number of rotatable bonds is 5. The fraction of sp³-hybridized carbons (Fsp3) is 0.875. The van der Waals surface area contributed by atoms with Crippen molar-refractivity contribution in [3.63, 3.8) is 0 Å². The zero-order valence-electron chi connectivity index (χ0n) is 8.24. The fourth-order valence-corrected chi connectivity index (χ4v) is 1.50. The lowest BCUT2D eigenvalue weighted by Gasteiger charge is -2.11. The van der Waals surface area contributed by atoms with Crippen LogP contribution < -0.4 is 4.72 Å². The van der Waals surface area contributed by atoms with Gasteiger partial charge in [0.1, 0.15) is 0 Å². The van der Waals surface area contributed by atoms with E-state index in [1.54, 1.807) is 6.07 Å². The van der Waals surface area contributed by atoms with Crippen molar-refractivity contribution in [2.45, 2.75) is 32.4 Å². The van der Waals surface area contributed by atoms with Gasteiger partial charge in [-0.1, -0.05) is 20.3 Å². The Hall–Kier alpha value is -0.600. The van der Waals surface area contributed by atoms with Crippen molar-refractivity contribution in [2.24, 2.45) is 5.92 Å². The van der Waals surface area contributed by atoms with Gasteiger partial charge in [-0.25, -0.2) is 13.1 Å². The van der Waals surface area contributed by atoms with Crippen LogP contribution in [0, 0.1) is 17.2 Å². The molecule has 0 aliphatic carbocycles. The lowest BCUT2D eigenvalue weighted by atomic mass is 10.1. The van der Waals surface area contributed by atoms with Crippen molar-refractivity contribution >= 4 is 10.0 Å². The van der Waals surface area contributed by atoms with Gasteiger partial charge in [-0.05, 0) is 12.8 Å². The second kappa shape index (κ2) is 5.20. The molecule has 0 amide bonds. The molecule has 0 aromatic carbocycles. The average Bonchev–Trinajstić information content (AvgIpc) is 2.12. The van der Waals surface area contributed by atoms with Crippen LogP contribution in [0.4, 0.5) is 0 Å². The third-order valence-corrected chi connectivity index (χ3v) is 3.58. The Bertz CT molecular complexity index is 279. The first-order valence-corrected chi connectivity index (χ1v) is 5.86. The quantitative estimate of drug-likeness (QED) is 0.722. The Morgan fingerprint density at radius 2 is 2.00 bits per heavy atom. The fourth-order valence-electron chi connectivity index (χ4n) is 0.597. The summed E-state index contributed by atoms with van der Waals surface area (Å²) in [5.41, 5.74) is 0. The summed E-state index contributed by atoms with van der Waals surface area (Å²) in [5, 5.41) is 7.45. The molecule has 0 aliphatic rings. The summed E-state index contributed by atoms with van der Waals surface area (Å²) in [7, 11) is -3.43. The van der Waals surface area contributed by atoms with Gasteiger partial charge in [0, 0.05) is 6.54 Å². The molecule has 4 nitrogen and oxygen atoms in total. The van der Waals surface area contributed by atoms with E-state index in [0.717, 1.165) is 6.42 Å². The van der Waals surface area contributed by atoms with Crippen LogP contribution in [0.3, 0.4) is 0 Å². The Morgan fingerprint density at radius 1 is 1.46 bits per heavy atom. The van der Waals surface area contributed by atoms with E-state index in [4.69, 9.17) is 5.26 Å². The van der Waals surface area contributed by atoms with E-state index >= 15 is 0 Å². The number of nitrogens with one attached hydrogen (secondary N) is 1. The highest BCUT2D eigenvalue weighted by atomic mass is 32.2. The van der Waals surface area contributed by atoms with E-state index in [1.165, 1.54) is 6.92 Å². The minimum Gasteiger partial charge on any atom is -0.214 e. The highest BCUT2D eigenvalue weighted by Gasteiger charge is 2.19. The van der Waals surface area contributed by atoms with Gasteiger partial charge >= 0.3 is 0 Å². The van der Waals surface area contributed by atoms with Crippen LogP contribution in [0.5, 0.6) is 0 Å². The number of nitrogens with zero attached hydrogens (tertiary/aromatic N) is 1. The van der Waals surface area contributed by atoms with E-state index in [-0.39, 0.29) is 0 Å². The molecular formula is C8H16N2O2S. The van der Waals surface area contributed by atoms with Gasteiger partial charge in [0.2, 0.25) is 10.0 Å². The molecule has 0 radical (unpaired) electrons. The predicted molar refractivity (Wildman–Crippen MR) is 51.5 cm³/mol. The molecule has 2 unspecified atom stereocenters. The number of hydrogen-bond donors (Lipinski definition) is 1. The van der Waals surface area contributed by atoms with Gasteiger partial charge < -0.3 is 0 Å². The first-order valence-electron chi connectivity index (χ1n) is 4.32. The van der Waals surface area contributed by atoms with Gasteiger partial charge in [0.15, 0.2) is 5.25 Å². The molecule has 0 saturated carbocycles. The van der Waals surface area contributed by atoms with Crippen molar-refractivity contribution in [2.75, 3.05) is 6.54 Å². The zero-order chi connectivity index (χ0) is 10.5. The molecular weight excluding hydrogens is 188 g/mol. The standard InChI is InChI=1S/C8H16N2O2S/c1-4-7(2)6-10-13(11,12)8(3)5-9/h7-8,10H,4,6H2,1-3H3. The highest BCUT2D eigenvalue weighted by Crippen LogP contribution is 2.01. The summed E-state index contributed by atoms with van der Waals surface area (Å²) in [6.07, 6.45) is 0.920. The monoisotopic (exact) mass is 204 g/mol. The molecule has 0 spiro atoms. The molecule has 76 valence electrons. The SMILES string of the molecule is CCC(C)CNS(=O)(=O)C(C)C#N. The molecule has 0 aliphatic heterocycles. The van der Waals surface area contributed by atoms with Gasteiger partial charge in [-0.15, -0.1) is 0 Å². The van der Waals surface area contributed by atoms with Crippen LogP contribution >= 0.6 is 0 Å². The maximum Gasteiger partial charge on any atom is 0.227 e. The topological polar surface area (TPSA) is 70.0 Å². The molecule has 0 aromatic heterocycles. The van der Waals surface area contributed by atoms with Crippen molar-refractivity contribution in [1.29, 1.82) is 5.26 Å². The summed E-state index contributed by atoms with van der Waals surface area (Å²) in [6, 6.07) is 1.70. The van der Waals surface area contributed by atoms with E-state index in [1.807, 2.05) is 13.8 Å². The average molecular weight is 204 g/mol. The van der Waals surface area contributed by atoms with Crippen LogP contribution in [0.25, 0.3) is 0 Å². The largest absolute Gasteiger partial charge is 0.227 e. The number of nitriles is 1. The molecule has 5 heteroatoms. The number of sulfonamides is 1. The lowest BCUT2D eigenvalue weighted by Crippen LogP contribution is -2.34. The summed E-state index contributed by atoms with van der Waals surface area (Å²) in [6.45, 7) is 5.73. The maximum atomic E-state index is 11.2. The summed E-state index contributed by atoms with van der Waals surface area (Å²) in [4.78, 5) is 0. The van der Waals surface area contributed by atoms with Crippen LogP contribution in [-0.2, 0) is 10.0 Å². The minimum atomic E-state index is -3.43. The summed E-state index contributed by atoms with van der Waals surface area (Å²) in [5.74, 6) is 0.306. The van der Waals surface area contributed by atoms with E-state index < -0.39 is 15.3 Å². The van der Waals surface area contributed by atoms with Crippen molar-refractivity contribution < 1.29 is 8.42 Å². The van der Waals surface area contributed by atoms with E-state index in [0.29, 0.717) is 12.5 Å². The molecule has 0 heterocycles. The Labute approximate surface area is 80.0 Å². The van der Waals surface area contributed by atoms with Crippen molar-refractivity contribution in [3.05, 3.63) is 0 Å². The third-order valence-electron chi connectivity index (χ3n) is 1.98. The molecule has 0 rings (SSSR count). The first-order chi connectivity index (χ1) is 5.94. The van der Waals surface area contributed by atoms with Gasteiger partial charge in [0.05, 0.1) is 6.07 Å². The first kappa shape index (κ1) is 12.4. The van der Waals surface area contributed by atoms with Crippen LogP contribution in [0.15, 0.2) is 0 Å². The molecule has 1 N–H and O–H groups in total. The zero-order valence-corrected chi connectivity index (χ0v) is 9.06. The summed E-state index contributed by atoms with van der Waals surface area (Å²) >= 11 is 0. The third kappa shape index (κ3) is 4.25. The second-order valence-electron chi connectivity index (χ2n) is 3.18. The molecule has 0 bridgehead atoms. The predicted octanol–water partition coefficient (Wildman–Crippen LogP) is 0.864. The second-order valence-corrected chi connectivity index (χ2v) is 5.26. The van der Waals surface area contributed by atoms with E-state index in [9.17, 15) is 8.42 Å². The van der Waals surface area contributed by atoms with Crippen molar-refractivity contribution in [1.82, 2.24) is 4.72 Å². The molecule has 0 saturated heterocycles. The maximum absolute atomic E-state index is 11.2. The lowest BCUT2D eigenvalue weighted by molar-refractivity contribution is 0.526.